The quantitative estimate of drug-likeness (QED) is 0.871. The van der Waals surface area contributed by atoms with Crippen LogP contribution in [0.2, 0.25) is 0 Å². The molecule has 0 bridgehead atoms. The molecule has 1 N–H and O–H groups in total. The van der Waals surface area contributed by atoms with Crippen LogP contribution in [0.15, 0.2) is 24.3 Å². The molecule has 2 saturated heterocycles. The van der Waals surface area contributed by atoms with E-state index in [9.17, 15) is 14.7 Å². The Hall–Kier alpha value is -1.92. The molecular weight excluding hydrogens is 330 g/mol. The highest BCUT2D eigenvalue weighted by molar-refractivity contribution is 5.95. The van der Waals surface area contributed by atoms with Gasteiger partial charge in [0, 0.05) is 45.3 Å². The van der Waals surface area contributed by atoms with E-state index in [1.54, 1.807) is 23.6 Å². The summed E-state index contributed by atoms with van der Waals surface area (Å²) in [7, 11) is 1.83. The number of hydrogen-bond donors (Lipinski definition) is 1. The summed E-state index contributed by atoms with van der Waals surface area (Å²) in [5.74, 6) is 0.0930. The average Bonchev–Trinajstić information content (AvgIpc) is 2.62. The molecule has 1 aromatic rings. The van der Waals surface area contributed by atoms with E-state index in [1.807, 2.05) is 31.3 Å². The van der Waals surface area contributed by atoms with Crippen LogP contribution in [-0.2, 0) is 11.2 Å². The molecule has 0 unspecified atom stereocenters. The average molecular weight is 359 g/mol. The van der Waals surface area contributed by atoms with Crippen LogP contribution < -0.4 is 0 Å². The Bertz CT molecular complexity index is 666. The third-order valence-corrected chi connectivity index (χ3v) is 5.39. The number of carbonyl (C=O) groups is 2. The lowest BCUT2D eigenvalue weighted by Crippen LogP contribution is -2.64. The minimum absolute atomic E-state index is 0.0142. The Morgan fingerprint density at radius 2 is 1.81 bits per heavy atom. The van der Waals surface area contributed by atoms with Crippen molar-refractivity contribution < 1.29 is 14.7 Å². The van der Waals surface area contributed by atoms with Crippen molar-refractivity contribution >= 4 is 11.8 Å². The minimum atomic E-state index is -0.687. The van der Waals surface area contributed by atoms with Gasteiger partial charge in [0.1, 0.15) is 6.04 Å². The highest BCUT2D eigenvalue weighted by Gasteiger charge is 2.38. The maximum atomic E-state index is 12.8. The molecule has 0 saturated carbocycles. The summed E-state index contributed by atoms with van der Waals surface area (Å²) in [5.41, 5.74) is 1.08. The molecule has 142 valence electrons. The van der Waals surface area contributed by atoms with Gasteiger partial charge in [0.05, 0.1) is 5.60 Å². The maximum absolute atomic E-state index is 12.8. The largest absolute Gasteiger partial charge is 0.390 e. The number of hydrogen-bond acceptors (Lipinski definition) is 4. The molecule has 1 atom stereocenters. The molecule has 3 rings (SSSR count). The predicted molar refractivity (Wildman–Crippen MR) is 100.0 cm³/mol. The molecule has 2 aliphatic rings. The second kappa shape index (κ2) is 7.37. The zero-order valence-electron chi connectivity index (χ0n) is 15.9. The molecule has 1 aromatic carbocycles. The second-order valence-corrected chi connectivity index (χ2v) is 8.07. The first-order valence-corrected chi connectivity index (χ1v) is 9.34. The van der Waals surface area contributed by atoms with Crippen molar-refractivity contribution in [3.8, 4) is 0 Å². The lowest BCUT2D eigenvalue weighted by atomic mass is 9.98. The predicted octanol–water partition coefficient (Wildman–Crippen LogP) is 0.988. The van der Waals surface area contributed by atoms with Gasteiger partial charge in [-0.2, -0.15) is 0 Å². The van der Waals surface area contributed by atoms with Crippen molar-refractivity contribution in [2.45, 2.75) is 38.3 Å². The smallest absolute Gasteiger partial charge is 0.253 e. The number of fused-ring (bicyclic) bond motifs is 1. The number of aryl methyl sites for hydroxylation is 1. The third-order valence-electron chi connectivity index (χ3n) is 5.39. The van der Waals surface area contributed by atoms with E-state index < -0.39 is 5.60 Å². The van der Waals surface area contributed by atoms with Gasteiger partial charge in [-0.25, -0.2) is 0 Å². The van der Waals surface area contributed by atoms with Crippen molar-refractivity contribution in [1.29, 1.82) is 0 Å². The first-order valence-electron chi connectivity index (χ1n) is 9.34. The van der Waals surface area contributed by atoms with Gasteiger partial charge >= 0.3 is 0 Å². The van der Waals surface area contributed by atoms with Crippen LogP contribution in [0.3, 0.4) is 0 Å². The van der Waals surface area contributed by atoms with E-state index in [0.29, 0.717) is 25.1 Å². The molecule has 0 aromatic heterocycles. The molecule has 0 aliphatic carbocycles. The van der Waals surface area contributed by atoms with E-state index >= 15 is 0 Å². The third kappa shape index (κ3) is 4.24. The normalized spacial score (nSPS) is 21.7. The van der Waals surface area contributed by atoms with Gasteiger partial charge in [0.15, 0.2) is 0 Å². The lowest BCUT2D eigenvalue weighted by molar-refractivity contribution is -0.142. The van der Waals surface area contributed by atoms with E-state index in [-0.39, 0.29) is 17.9 Å². The minimum Gasteiger partial charge on any atom is -0.390 e. The highest BCUT2D eigenvalue weighted by Crippen LogP contribution is 2.19. The van der Waals surface area contributed by atoms with Crippen molar-refractivity contribution in [3.63, 3.8) is 0 Å². The topological polar surface area (TPSA) is 64.1 Å². The van der Waals surface area contributed by atoms with Crippen LogP contribution >= 0.6 is 0 Å². The van der Waals surface area contributed by atoms with Crippen molar-refractivity contribution in [3.05, 3.63) is 35.4 Å². The number of likely N-dealkylation sites (N-methyl/N-ethyl adjacent to an activating group) is 1. The van der Waals surface area contributed by atoms with Crippen molar-refractivity contribution in [1.82, 2.24) is 14.7 Å². The molecule has 2 amide bonds. The van der Waals surface area contributed by atoms with E-state index in [0.717, 1.165) is 31.6 Å². The number of carbonyl (C=O) groups excluding carboxylic acids is 2. The number of nitrogens with zero attached hydrogens (tertiary/aromatic N) is 3. The summed E-state index contributed by atoms with van der Waals surface area (Å²) in [6.45, 7) is 7.11. The van der Waals surface area contributed by atoms with Gasteiger partial charge in [0.25, 0.3) is 5.91 Å². The Morgan fingerprint density at radius 3 is 2.46 bits per heavy atom. The van der Waals surface area contributed by atoms with Crippen molar-refractivity contribution in [2.75, 3.05) is 39.8 Å². The van der Waals surface area contributed by atoms with Gasteiger partial charge in [-0.1, -0.05) is 12.1 Å². The summed E-state index contributed by atoms with van der Waals surface area (Å²) in [4.78, 5) is 31.0. The zero-order valence-corrected chi connectivity index (χ0v) is 15.9. The van der Waals surface area contributed by atoms with E-state index in [2.05, 4.69) is 4.90 Å². The van der Waals surface area contributed by atoms with Crippen LogP contribution in [0, 0.1) is 0 Å². The molecule has 6 heteroatoms. The molecule has 0 radical (unpaired) electrons. The molecular formula is C20H29N3O3. The fourth-order valence-electron chi connectivity index (χ4n) is 3.60. The zero-order chi connectivity index (χ0) is 18.9. The SMILES string of the molecule is CN1CCN2CCN(C(=O)c3ccc(CCC(C)(C)O)cc3)C[C@H]2C1=O. The molecule has 6 nitrogen and oxygen atoms in total. The number of amides is 2. The van der Waals surface area contributed by atoms with E-state index in [1.165, 1.54) is 0 Å². The maximum Gasteiger partial charge on any atom is 0.253 e. The summed E-state index contributed by atoms with van der Waals surface area (Å²) >= 11 is 0. The second-order valence-electron chi connectivity index (χ2n) is 8.07. The van der Waals surface area contributed by atoms with Gasteiger partial charge in [0.2, 0.25) is 5.91 Å². The van der Waals surface area contributed by atoms with Crippen molar-refractivity contribution in [2.24, 2.45) is 0 Å². The first-order chi connectivity index (χ1) is 12.2. The van der Waals surface area contributed by atoms with Crippen LogP contribution in [0.4, 0.5) is 0 Å². The summed E-state index contributed by atoms with van der Waals surface area (Å²) in [5, 5.41) is 9.83. The highest BCUT2D eigenvalue weighted by atomic mass is 16.3. The number of piperazine rings is 2. The first kappa shape index (κ1) is 18.9. The van der Waals surface area contributed by atoms with Crippen LogP contribution in [0.25, 0.3) is 0 Å². The molecule has 2 fully saturated rings. The van der Waals surface area contributed by atoms with Crippen LogP contribution in [-0.4, -0.2) is 83.0 Å². The molecule has 2 aliphatic heterocycles. The monoisotopic (exact) mass is 359 g/mol. The van der Waals surface area contributed by atoms with Gasteiger partial charge < -0.3 is 14.9 Å². The standard InChI is InChI=1S/C20H29N3O3/c1-20(2,26)9-8-15-4-6-16(7-5-15)18(24)23-13-12-22-11-10-21(3)19(25)17(22)14-23/h4-7,17,26H,8-14H2,1-3H3/t17-/m0/s1. The Labute approximate surface area is 155 Å². The number of benzene rings is 1. The Balaban J connectivity index is 1.63. The fraction of sp³-hybridized carbons (Fsp3) is 0.600. The summed E-state index contributed by atoms with van der Waals surface area (Å²) in [6.07, 6.45) is 1.46. The molecule has 0 spiro atoms. The fourth-order valence-corrected chi connectivity index (χ4v) is 3.60. The van der Waals surface area contributed by atoms with E-state index in [4.69, 9.17) is 0 Å². The molecule has 26 heavy (non-hydrogen) atoms. The summed E-state index contributed by atoms with van der Waals surface area (Å²) in [6, 6.07) is 7.40. The van der Waals surface area contributed by atoms with Gasteiger partial charge in [-0.3, -0.25) is 14.5 Å². The Kier molecular flexibility index (Phi) is 5.34. The van der Waals surface area contributed by atoms with Crippen LogP contribution in [0.5, 0.6) is 0 Å². The van der Waals surface area contributed by atoms with Crippen LogP contribution in [0.1, 0.15) is 36.2 Å². The lowest BCUT2D eigenvalue weighted by Gasteiger charge is -2.45. The van der Waals surface area contributed by atoms with Gasteiger partial charge in [-0.05, 0) is 44.4 Å². The molecule has 2 heterocycles. The summed E-state index contributed by atoms with van der Waals surface area (Å²) < 4.78 is 0. The number of aliphatic hydroxyl groups is 1. The Morgan fingerprint density at radius 1 is 1.15 bits per heavy atom. The van der Waals surface area contributed by atoms with Gasteiger partial charge in [-0.15, -0.1) is 0 Å². The number of rotatable bonds is 4.